The lowest BCUT2D eigenvalue weighted by Gasteiger charge is -2.37. The molecule has 0 bridgehead atoms. The van der Waals surface area contributed by atoms with Crippen molar-refractivity contribution in [2.45, 2.75) is 25.8 Å². The molecule has 5 nitrogen and oxygen atoms in total. The maximum Gasteiger partial charge on any atom is 0.231 e. The van der Waals surface area contributed by atoms with Gasteiger partial charge >= 0.3 is 0 Å². The van der Waals surface area contributed by atoms with Crippen LogP contribution in [0.4, 0.5) is 4.39 Å². The Hall–Kier alpha value is -3.02. The van der Waals surface area contributed by atoms with E-state index in [4.69, 9.17) is 4.52 Å². The number of hydrogen-bond acceptors (Lipinski definition) is 4. The smallest absolute Gasteiger partial charge is 0.231 e. The molecule has 1 amide bonds. The highest BCUT2D eigenvalue weighted by molar-refractivity contribution is 5.79. The molecule has 26 heavy (non-hydrogen) atoms. The first-order valence-electron chi connectivity index (χ1n) is 8.54. The maximum atomic E-state index is 14.6. The lowest BCUT2D eigenvalue weighted by atomic mass is 9.87. The molecule has 0 radical (unpaired) electrons. The highest BCUT2D eigenvalue weighted by Crippen LogP contribution is 2.36. The number of halogens is 1. The van der Waals surface area contributed by atoms with E-state index in [2.05, 4.69) is 10.1 Å². The van der Waals surface area contributed by atoms with Crippen LogP contribution in [0.15, 0.2) is 53.1 Å². The lowest BCUT2D eigenvalue weighted by molar-refractivity contribution is -0.132. The van der Waals surface area contributed by atoms with Gasteiger partial charge in [0.1, 0.15) is 5.82 Å². The second-order valence-electron chi connectivity index (χ2n) is 6.37. The zero-order chi connectivity index (χ0) is 18.1. The monoisotopic (exact) mass is 351 g/mol. The molecular weight excluding hydrogens is 333 g/mol. The van der Waals surface area contributed by atoms with Crippen molar-refractivity contribution in [1.29, 1.82) is 0 Å². The molecule has 2 heterocycles. The molecule has 3 aromatic rings. The minimum Gasteiger partial charge on any atom is -0.340 e. The highest BCUT2D eigenvalue weighted by Gasteiger charge is 2.33. The van der Waals surface area contributed by atoms with Crippen LogP contribution in [0, 0.1) is 12.7 Å². The number of carbonyl (C=O) groups is 1. The predicted molar refractivity (Wildman–Crippen MR) is 92.8 cm³/mol. The molecule has 6 heteroatoms. The quantitative estimate of drug-likeness (QED) is 0.727. The van der Waals surface area contributed by atoms with Gasteiger partial charge in [0.15, 0.2) is 5.82 Å². The van der Waals surface area contributed by atoms with Gasteiger partial charge < -0.3 is 9.42 Å². The summed E-state index contributed by atoms with van der Waals surface area (Å²) in [7, 11) is 0. The first kappa shape index (κ1) is 16.4. The van der Waals surface area contributed by atoms with Crippen molar-refractivity contribution in [3.63, 3.8) is 0 Å². The molecule has 0 saturated heterocycles. The Morgan fingerprint density at radius 2 is 1.92 bits per heavy atom. The standard InChI is InChI=1S/C20H18FN3O2/c1-13-22-18(23-26-13)12-19(25)24-11-10-14-6-2-3-7-15(14)20(24)16-8-4-5-9-17(16)21/h2-9,20H,10-12H2,1H3. The van der Waals surface area contributed by atoms with Crippen molar-refractivity contribution >= 4 is 5.91 Å². The molecule has 0 N–H and O–H groups in total. The normalized spacial score (nSPS) is 16.4. The Morgan fingerprint density at radius 1 is 1.19 bits per heavy atom. The van der Waals surface area contributed by atoms with Crippen LogP contribution in [0.3, 0.4) is 0 Å². The maximum absolute atomic E-state index is 14.6. The van der Waals surface area contributed by atoms with Gasteiger partial charge in [-0.15, -0.1) is 0 Å². The number of hydrogen-bond donors (Lipinski definition) is 0. The number of aryl methyl sites for hydroxylation is 1. The van der Waals surface area contributed by atoms with Crippen LogP contribution in [-0.4, -0.2) is 27.5 Å². The molecular formula is C20H18FN3O2. The van der Waals surface area contributed by atoms with Crippen LogP contribution in [-0.2, 0) is 17.6 Å². The molecule has 132 valence electrons. The summed E-state index contributed by atoms with van der Waals surface area (Å²) < 4.78 is 19.5. The predicted octanol–water partition coefficient (Wildman–Crippen LogP) is 3.23. The third kappa shape index (κ3) is 2.98. The van der Waals surface area contributed by atoms with E-state index in [0.29, 0.717) is 23.8 Å². The summed E-state index contributed by atoms with van der Waals surface area (Å²) >= 11 is 0. The van der Waals surface area contributed by atoms with Crippen LogP contribution in [0.2, 0.25) is 0 Å². The minimum absolute atomic E-state index is 0.0322. The molecule has 1 aliphatic rings. The summed E-state index contributed by atoms with van der Waals surface area (Å²) in [6.07, 6.45) is 0.766. The molecule has 2 aromatic carbocycles. The number of amides is 1. The Labute approximate surface area is 150 Å². The van der Waals surface area contributed by atoms with Gasteiger partial charge in [-0.25, -0.2) is 4.39 Å². The van der Waals surface area contributed by atoms with Crippen molar-refractivity contribution in [3.8, 4) is 0 Å². The van der Waals surface area contributed by atoms with E-state index >= 15 is 0 Å². The fourth-order valence-electron chi connectivity index (χ4n) is 3.52. The summed E-state index contributed by atoms with van der Waals surface area (Å²) in [6, 6.07) is 14.0. The van der Waals surface area contributed by atoms with E-state index in [1.54, 1.807) is 30.0 Å². The van der Waals surface area contributed by atoms with Crippen molar-refractivity contribution < 1.29 is 13.7 Å². The number of aromatic nitrogens is 2. The lowest BCUT2D eigenvalue weighted by Crippen LogP contribution is -2.41. The van der Waals surface area contributed by atoms with E-state index in [-0.39, 0.29) is 18.1 Å². The van der Waals surface area contributed by atoms with E-state index in [0.717, 1.165) is 17.5 Å². The van der Waals surface area contributed by atoms with E-state index in [1.165, 1.54) is 6.07 Å². The molecule has 0 saturated carbocycles. The molecule has 0 spiro atoms. The summed E-state index contributed by atoms with van der Waals surface area (Å²) in [4.78, 5) is 18.8. The first-order chi connectivity index (χ1) is 12.6. The third-order valence-electron chi connectivity index (χ3n) is 4.68. The zero-order valence-corrected chi connectivity index (χ0v) is 14.4. The fourth-order valence-corrected chi connectivity index (χ4v) is 3.52. The van der Waals surface area contributed by atoms with Gasteiger partial charge in [0.2, 0.25) is 11.8 Å². The fraction of sp³-hybridized carbons (Fsp3) is 0.250. The number of fused-ring (bicyclic) bond motifs is 1. The molecule has 1 aliphatic heterocycles. The highest BCUT2D eigenvalue weighted by atomic mass is 19.1. The number of rotatable bonds is 3. The van der Waals surface area contributed by atoms with Gasteiger partial charge in [0.25, 0.3) is 0 Å². The first-order valence-corrected chi connectivity index (χ1v) is 8.54. The Bertz CT molecular complexity index is 953. The van der Waals surface area contributed by atoms with Gasteiger partial charge in [-0.05, 0) is 23.6 Å². The molecule has 0 fully saturated rings. The van der Waals surface area contributed by atoms with Crippen molar-refractivity contribution in [2.24, 2.45) is 0 Å². The van der Waals surface area contributed by atoms with Gasteiger partial charge in [0.05, 0.1) is 12.5 Å². The SMILES string of the molecule is Cc1nc(CC(=O)N2CCc3ccccc3C2c2ccccc2F)no1. The van der Waals surface area contributed by atoms with Crippen molar-refractivity contribution in [3.05, 3.63) is 82.8 Å². The van der Waals surface area contributed by atoms with Crippen molar-refractivity contribution in [2.75, 3.05) is 6.54 Å². The second kappa shape index (κ2) is 6.71. The van der Waals surface area contributed by atoms with Gasteiger partial charge in [0, 0.05) is 19.0 Å². The van der Waals surface area contributed by atoms with Crippen LogP contribution in [0.5, 0.6) is 0 Å². The van der Waals surface area contributed by atoms with Gasteiger partial charge in [-0.1, -0.05) is 47.6 Å². The average molecular weight is 351 g/mol. The number of benzene rings is 2. The Kier molecular flexibility index (Phi) is 4.24. The zero-order valence-electron chi connectivity index (χ0n) is 14.4. The minimum atomic E-state index is -0.457. The Balaban J connectivity index is 1.73. The van der Waals surface area contributed by atoms with E-state index in [1.807, 2.05) is 24.3 Å². The largest absolute Gasteiger partial charge is 0.340 e. The second-order valence-corrected chi connectivity index (χ2v) is 6.37. The summed E-state index contributed by atoms with van der Waals surface area (Å²) in [6.45, 7) is 2.20. The number of carbonyl (C=O) groups excluding carboxylic acids is 1. The Morgan fingerprint density at radius 3 is 2.65 bits per heavy atom. The topological polar surface area (TPSA) is 59.2 Å². The van der Waals surface area contributed by atoms with Crippen LogP contribution in [0.1, 0.15) is 34.4 Å². The molecule has 1 atom stereocenters. The van der Waals surface area contributed by atoms with E-state index in [9.17, 15) is 9.18 Å². The van der Waals surface area contributed by atoms with E-state index < -0.39 is 6.04 Å². The van der Waals surface area contributed by atoms with Gasteiger partial charge in [-0.3, -0.25) is 4.79 Å². The van der Waals surface area contributed by atoms with Gasteiger partial charge in [-0.2, -0.15) is 4.98 Å². The summed E-state index contributed by atoms with van der Waals surface area (Å²) in [5.74, 6) is 0.303. The molecule has 4 rings (SSSR count). The molecule has 1 aromatic heterocycles. The number of nitrogens with zero attached hydrogens (tertiary/aromatic N) is 3. The molecule has 1 unspecified atom stereocenters. The third-order valence-corrected chi connectivity index (χ3v) is 4.68. The van der Waals surface area contributed by atoms with Crippen LogP contribution in [0.25, 0.3) is 0 Å². The average Bonchev–Trinajstić information content (AvgIpc) is 3.06. The molecule has 0 aliphatic carbocycles. The van der Waals surface area contributed by atoms with Crippen LogP contribution < -0.4 is 0 Å². The van der Waals surface area contributed by atoms with Crippen molar-refractivity contribution in [1.82, 2.24) is 15.0 Å². The van der Waals surface area contributed by atoms with Crippen LogP contribution >= 0.6 is 0 Å². The summed E-state index contributed by atoms with van der Waals surface area (Å²) in [5.41, 5.74) is 2.60. The summed E-state index contributed by atoms with van der Waals surface area (Å²) in [5, 5.41) is 3.80.